The highest BCUT2D eigenvalue weighted by Crippen LogP contribution is 2.18. The third kappa shape index (κ3) is 8.07. The highest BCUT2D eigenvalue weighted by Gasteiger charge is 2.08. The largest absolute Gasteiger partial charge is 0.496 e. The number of carbonyl (C=O) groups is 3. The number of benzene rings is 2. The zero-order chi connectivity index (χ0) is 23.3. The quantitative estimate of drug-likeness (QED) is 0.239. The summed E-state index contributed by atoms with van der Waals surface area (Å²) in [5, 5.41) is 2.31. The van der Waals surface area contributed by atoms with E-state index < -0.39 is 17.8 Å². The first-order valence-electron chi connectivity index (χ1n) is 9.53. The molecule has 2 amide bonds. The molecular weight excluding hydrogens is 434 g/mol. The Balaban J connectivity index is 1.72. The van der Waals surface area contributed by atoms with E-state index in [0.29, 0.717) is 17.1 Å². The molecule has 168 valence electrons. The van der Waals surface area contributed by atoms with Gasteiger partial charge in [-0.05, 0) is 55.5 Å². The molecule has 0 heterocycles. The van der Waals surface area contributed by atoms with Gasteiger partial charge < -0.3 is 14.2 Å². The number of esters is 1. The molecule has 0 fully saturated rings. The molecule has 32 heavy (non-hydrogen) atoms. The summed E-state index contributed by atoms with van der Waals surface area (Å²) in [7, 11) is 1.54. The van der Waals surface area contributed by atoms with Gasteiger partial charge in [-0.2, -0.15) is 0 Å². The van der Waals surface area contributed by atoms with E-state index in [0.717, 1.165) is 5.56 Å². The van der Waals surface area contributed by atoms with E-state index in [9.17, 15) is 14.4 Å². The Kier molecular flexibility index (Phi) is 9.67. The molecule has 2 aromatic rings. The maximum atomic E-state index is 12.0. The summed E-state index contributed by atoms with van der Waals surface area (Å²) in [5.74, 6) is -0.430. The molecular formula is C22H23N3O6S. The average molecular weight is 458 g/mol. The minimum atomic E-state index is -0.527. The monoisotopic (exact) mass is 457 g/mol. The lowest BCUT2D eigenvalue weighted by Crippen LogP contribution is -2.49. The second kappa shape index (κ2) is 12.7. The zero-order valence-electron chi connectivity index (χ0n) is 17.5. The Morgan fingerprint density at radius 1 is 1.03 bits per heavy atom. The minimum Gasteiger partial charge on any atom is -0.496 e. The standard InChI is InChI=1S/C22H23N3O6S/c1-3-30-21(28)16-8-11-17(12-9-16)31-14-20(27)24-25-22(32)23-19(26)13-10-15-6-4-5-7-18(15)29-2/h4-13H,3,14H2,1-2H3,(H,24,27)(H2,23,25,26,32)/b13-10+. The lowest BCUT2D eigenvalue weighted by Gasteiger charge is -2.11. The summed E-state index contributed by atoms with van der Waals surface area (Å²) in [6.07, 6.45) is 2.87. The molecule has 0 atom stereocenters. The molecule has 3 N–H and O–H groups in total. The van der Waals surface area contributed by atoms with Crippen LogP contribution in [0.4, 0.5) is 0 Å². The molecule has 2 rings (SSSR count). The smallest absolute Gasteiger partial charge is 0.338 e. The SMILES string of the molecule is CCOC(=O)c1ccc(OCC(=O)NNC(=S)NC(=O)/C=C/c2ccccc2OC)cc1. The molecule has 0 aliphatic rings. The van der Waals surface area contributed by atoms with Crippen molar-refractivity contribution in [3.8, 4) is 11.5 Å². The van der Waals surface area contributed by atoms with E-state index in [2.05, 4.69) is 16.2 Å². The van der Waals surface area contributed by atoms with Crippen molar-refractivity contribution in [3.05, 3.63) is 65.7 Å². The first-order chi connectivity index (χ1) is 15.4. The van der Waals surface area contributed by atoms with Gasteiger partial charge in [-0.15, -0.1) is 0 Å². The maximum Gasteiger partial charge on any atom is 0.338 e. The van der Waals surface area contributed by atoms with Crippen LogP contribution >= 0.6 is 12.2 Å². The predicted octanol–water partition coefficient (Wildman–Crippen LogP) is 1.99. The van der Waals surface area contributed by atoms with Crippen LogP contribution in [-0.4, -0.2) is 43.2 Å². The van der Waals surface area contributed by atoms with Crippen molar-refractivity contribution in [1.82, 2.24) is 16.2 Å². The molecule has 0 aromatic heterocycles. The van der Waals surface area contributed by atoms with E-state index in [-0.39, 0.29) is 18.3 Å². The normalized spacial score (nSPS) is 10.2. The first-order valence-corrected chi connectivity index (χ1v) is 9.94. The van der Waals surface area contributed by atoms with E-state index in [4.69, 9.17) is 26.4 Å². The van der Waals surface area contributed by atoms with Crippen LogP contribution in [0.5, 0.6) is 11.5 Å². The summed E-state index contributed by atoms with van der Waals surface area (Å²) in [6, 6.07) is 13.4. The van der Waals surface area contributed by atoms with Gasteiger partial charge in [0.1, 0.15) is 11.5 Å². The number of methoxy groups -OCH3 is 1. The fourth-order valence-corrected chi connectivity index (χ4v) is 2.52. The second-order valence-corrected chi connectivity index (χ2v) is 6.51. The number of hydrazine groups is 1. The van der Waals surface area contributed by atoms with Crippen molar-refractivity contribution >= 4 is 41.2 Å². The maximum absolute atomic E-state index is 12.0. The minimum absolute atomic E-state index is 0.0909. The third-order valence-corrected chi connectivity index (χ3v) is 4.04. The molecule has 2 aromatic carbocycles. The topological polar surface area (TPSA) is 115 Å². The zero-order valence-corrected chi connectivity index (χ0v) is 18.4. The van der Waals surface area contributed by atoms with Crippen LogP contribution in [0.25, 0.3) is 6.08 Å². The number of hydrogen-bond donors (Lipinski definition) is 3. The van der Waals surface area contributed by atoms with Crippen LogP contribution in [0.15, 0.2) is 54.6 Å². The molecule has 0 radical (unpaired) electrons. The predicted molar refractivity (Wildman–Crippen MR) is 122 cm³/mol. The summed E-state index contributed by atoms with van der Waals surface area (Å²) in [4.78, 5) is 35.4. The van der Waals surface area contributed by atoms with Crippen LogP contribution in [-0.2, 0) is 14.3 Å². The fourth-order valence-electron chi connectivity index (χ4n) is 2.37. The van der Waals surface area contributed by atoms with Crippen molar-refractivity contribution in [3.63, 3.8) is 0 Å². The second-order valence-electron chi connectivity index (χ2n) is 6.10. The third-order valence-electron chi connectivity index (χ3n) is 3.84. The number of rotatable bonds is 8. The summed E-state index contributed by atoms with van der Waals surface area (Å²) < 4.78 is 15.4. The Bertz CT molecular complexity index is 991. The van der Waals surface area contributed by atoms with Crippen molar-refractivity contribution in [2.75, 3.05) is 20.3 Å². The fraction of sp³-hybridized carbons (Fsp3) is 0.182. The number of nitrogens with one attached hydrogen (secondary N) is 3. The molecule has 0 unspecified atom stereocenters. The number of ether oxygens (including phenoxy) is 3. The van der Waals surface area contributed by atoms with Gasteiger partial charge in [0.25, 0.3) is 5.91 Å². The van der Waals surface area contributed by atoms with Gasteiger partial charge in [-0.3, -0.25) is 25.8 Å². The van der Waals surface area contributed by atoms with Gasteiger partial charge in [-0.1, -0.05) is 18.2 Å². The van der Waals surface area contributed by atoms with Crippen molar-refractivity contribution in [2.24, 2.45) is 0 Å². The molecule has 0 saturated heterocycles. The van der Waals surface area contributed by atoms with Gasteiger partial charge in [0.05, 0.1) is 19.3 Å². The summed E-state index contributed by atoms with van der Waals surface area (Å²) >= 11 is 4.96. The first kappa shape index (κ1) is 24.4. The van der Waals surface area contributed by atoms with E-state index in [1.54, 1.807) is 37.3 Å². The summed E-state index contributed by atoms with van der Waals surface area (Å²) in [5.41, 5.74) is 5.82. The highest BCUT2D eigenvalue weighted by atomic mass is 32.1. The Labute approximate surface area is 190 Å². The number of carbonyl (C=O) groups excluding carboxylic acids is 3. The molecule has 0 bridgehead atoms. The van der Waals surface area contributed by atoms with Crippen LogP contribution in [0.2, 0.25) is 0 Å². The lowest BCUT2D eigenvalue weighted by atomic mass is 10.2. The number of amides is 2. The molecule has 10 heteroatoms. The van der Waals surface area contributed by atoms with Gasteiger partial charge in [0.2, 0.25) is 5.91 Å². The molecule has 0 saturated carbocycles. The average Bonchev–Trinajstić information content (AvgIpc) is 2.80. The Morgan fingerprint density at radius 3 is 2.44 bits per heavy atom. The molecule has 0 spiro atoms. The van der Waals surface area contributed by atoms with E-state index in [1.807, 2.05) is 12.1 Å². The molecule has 0 aliphatic carbocycles. The van der Waals surface area contributed by atoms with Crippen molar-refractivity contribution < 1.29 is 28.6 Å². The van der Waals surface area contributed by atoms with Crippen molar-refractivity contribution in [2.45, 2.75) is 6.92 Å². The van der Waals surface area contributed by atoms with Crippen LogP contribution in [0.1, 0.15) is 22.8 Å². The lowest BCUT2D eigenvalue weighted by molar-refractivity contribution is -0.123. The Morgan fingerprint density at radius 2 is 1.75 bits per heavy atom. The molecule has 9 nitrogen and oxygen atoms in total. The number of para-hydroxylation sites is 1. The van der Waals surface area contributed by atoms with E-state index >= 15 is 0 Å². The number of thiocarbonyl (C=S) groups is 1. The van der Waals surface area contributed by atoms with Gasteiger partial charge in [0, 0.05) is 11.6 Å². The van der Waals surface area contributed by atoms with Crippen LogP contribution in [0.3, 0.4) is 0 Å². The number of hydrogen-bond acceptors (Lipinski definition) is 7. The Hall–Kier alpha value is -3.92. The molecule has 0 aliphatic heterocycles. The van der Waals surface area contributed by atoms with Crippen LogP contribution < -0.4 is 25.6 Å². The van der Waals surface area contributed by atoms with E-state index in [1.165, 1.54) is 25.3 Å². The summed E-state index contributed by atoms with van der Waals surface area (Å²) in [6.45, 7) is 1.69. The highest BCUT2D eigenvalue weighted by molar-refractivity contribution is 7.80. The van der Waals surface area contributed by atoms with Gasteiger partial charge >= 0.3 is 5.97 Å². The van der Waals surface area contributed by atoms with Crippen LogP contribution in [0, 0.1) is 0 Å². The van der Waals surface area contributed by atoms with Gasteiger partial charge in [-0.25, -0.2) is 4.79 Å². The van der Waals surface area contributed by atoms with Crippen molar-refractivity contribution in [1.29, 1.82) is 0 Å². The van der Waals surface area contributed by atoms with Gasteiger partial charge in [0.15, 0.2) is 11.7 Å².